The fraction of sp³-hybridized carbons (Fsp3) is 0.852. The van der Waals surface area contributed by atoms with Crippen LogP contribution in [0.4, 0.5) is 0 Å². The molecule has 14 atom stereocenters. The lowest BCUT2D eigenvalue weighted by atomic mass is 9.39. The number of carbonyl (C=O) groups excluding carboxylic acids is 2. The number of carbonyl (C=O) groups is 2. The predicted molar refractivity (Wildman–Crippen MR) is 120 cm³/mol. The van der Waals surface area contributed by atoms with Gasteiger partial charge < -0.3 is 14.6 Å². The molecule has 33 heavy (non-hydrogen) atoms. The van der Waals surface area contributed by atoms with Gasteiger partial charge in [0.2, 0.25) is 0 Å². The average Bonchev–Trinajstić information content (AvgIpc) is 3.14. The molecule has 9 bridgehead atoms. The maximum absolute atomic E-state index is 13.1. The lowest BCUT2D eigenvalue weighted by molar-refractivity contribution is -0.232. The van der Waals surface area contributed by atoms with Gasteiger partial charge in [-0.05, 0) is 48.9 Å². The molecule has 6 aliphatic carbocycles. The second-order valence-corrected chi connectivity index (χ2v) is 13.1. The normalized spacial score (nSPS) is 59.1. The van der Waals surface area contributed by atoms with Crippen molar-refractivity contribution in [3.63, 3.8) is 0 Å². The van der Waals surface area contributed by atoms with Gasteiger partial charge in [0.15, 0.2) is 0 Å². The van der Waals surface area contributed by atoms with Crippen molar-refractivity contribution in [2.75, 3.05) is 6.54 Å². The lowest BCUT2D eigenvalue weighted by Gasteiger charge is -2.66. The number of aliphatic hydroxyl groups excluding tert-OH is 1. The van der Waals surface area contributed by atoms with Crippen molar-refractivity contribution in [3.05, 3.63) is 12.2 Å². The second kappa shape index (κ2) is 6.04. The van der Waals surface area contributed by atoms with Gasteiger partial charge in [-0.3, -0.25) is 14.5 Å². The van der Waals surface area contributed by atoms with Crippen molar-refractivity contribution in [3.8, 4) is 0 Å². The topological polar surface area (TPSA) is 76.1 Å². The number of hydrogen-bond acceptors (Lipinski definition) is 6. The Hall–Kier alpha value is -1.40. The van der Waals surface area contributed by atoms with E-state index in [4.69, 9.17) is 9.47 Å². The first-order valence-corrected chi connectivity index (χ1v) is 13.1. The SMILES string of the molecule is C=C1CC23CC4C5C6(C)CC(O)CC57C(C2C(OC(=O)C(C)CC)C1C(OC(C)=O)C37)N4C6. The first kappa shape index (κ1) is 20.9. The van der Waals surface area contributed by atoms with Crippen molar-refractivity contribution in [1.82, 2.24) is 4.90 Å². The van der Waals surface area contributed by atoms with Crippen molar-refractivity contribution in [1.29, 1.82) is 0 Å². The van der Waals surface area contributed by atoms with Crippen molar-refractivity contribution >= 4 is 11.9 Å². The molecule has 0 amide bonds. The molecule has 0 radical (unpaired) electrons. The van der Waals surface area contributed by atoms with Gasteiger partial charge in [-0.15, -0.1) is 0 Å². The molecule has 0 aromatic rings. The summed E-state index contributed by atoms with van der Waals surface area (Å²) in [6.45, 7) is 13.3. The van der Waals surface area contributed by atoms with Gasteiger partial charge in [0, 0.05) is 42.8 Å². The minimum absolute atomic E-state index is 0.0447. The summed E-state index contributed by atoms with van der Waals surface area (Å²) in [6.07, 6.45) is 3.52. The van der Waals surface area contributed by atoms with Gasteiger partial charge in [0.05, 0.1) is 17.9 Å². The Balaban J connectivity index is 1.42. The molecule has 3 aliphatic heterocycles. The van der Waals surface area contributed by atoms with Gasteiger partial charge in [0.1, 0.15) is 12.2 Å². The second-order valence-electron chi connectivity index (χ2n) is 13.1. The van der Waals surface area contributed by atoms with Crippen LogP contribution in [0.2, 0.25) is 0 Å². The summed E-state index contributed by atoms with van der Waals surface area (Å²) in [7, 11) is 0. The fourth-order valence-corrected chi connectivity index (χ4v) is 11.5. The Bertz CT molecular complexity index is 980. The molecule has 3 saturated heterocycles. The molecular formula is C27H37NO5. The predicted octanol–water partition coefficient (Wildman–Crippen LogP) is 2.93. The van der Waals surface area contributed by atoms with E-state index in [1.54, 1.807) is 0 Å². The van der Waals surface area contributed by atoms with E-state index in [0.29, 0.717) is 18.0 Å². The summed E-state index contributed by atoms with van der Waals surface area (Å²) in [6, 6.07) is 0.839. The quantitative estimate of drug-likeness (QED) is 0.519. The molecule has 2 spiro atoms. The molecule has 6 heteroatoms. The van der Waals surface area contributed by atoms with E-state index in [2.05, 4.69) is 18.4 Å². The summed E-state index contributed by atoms with van der Waals surface area (Å²) in [5.74, 6) is 0.299. The van der Waals surface area contributed by atoms with Gasteiger partial charge in [0.25, 0.3) is 0 Å². The molecule has 9 aliphatic rings. The van der Waals surface area contributed by atoms with Gasteiger partial charge >= 0.3 is 11.9 Å². The molecular weight excluding hydrogens is 418 g/mol. The Morgan fingerprint density at radius 3 is 2.67 bits per heavy atom. The highest BCUT2D eigenvalue weighted by Crippen LogP contribution is 2.87. The molecule has 0 aromatic heterocycles. The van der Waals surface area contributed by atoms with Crippen LogP contribution in [-0.2, 0) is 19.1 Å². The van der Waals surface area contributed by atoms with E-state index in [1.165, 1.54) is 6.92 Å². The van der Waals surface area contributed by atoms with Crippen LogP contribution >= 0.6 is 0 Å². The van der Waals surface area contributed by atoms with Crippen molar-refractivity contribution in [2.45, 2.75) is 90.2 Å². The van der Waals surface area contributed by atoms with Crippen molar-refractivity contribution in [2.24, 2.45) is 45.8 Å². The summed E-state index contributed by atoms with van der Waals surface area (Å²) < 4.78 is 12.6. The summed E-state index contributed by atoms with van der Waals surface area (Å²) in [4.78, 5) is 28.3. The Morgan fingerprint density at radius 1 is 1.21 bits per heavy atom. The van der Waals surface area contributed by atoms with Crippen LogP contribution in [0.3, 0.4) is 0 Å². The Labute approximate surface area is 196 Å². The van der Waals surface area contributed by atoms with E-state index in [0.717, 1.165) is 44.2 Å². The molecule has 1 N–H and O–H groups in total. The molecule has 9 rings (SSSR count). The molecule has 180 valence electrons. The van der Waals surface area contributed by atoms with Gasteiger partial charge in [-0.25, -0.2) is 0 Å². The Morgan fingerprint density at radius 2 is 1.97 bits per heavy atom. The largest absolute Gasteiger partial charge is 0.461 e. The highest BCUT2D eigenvalue weighted by atomic mass is 16.6. The Kier molecular flexibility index (Phi) is 3.83. The van der Waals surface area contributed by atoms with Gasteiger partial charge in [-0.1, -0.05) is 32.9 Å². The van der Waals surface area contributed by atoms with Gasteiger partial charge in [-0.2, -0.15) is 0 Å². The summed E-state index contributed by atoms with van der Waals surface area (Å²) >= 11 is 0. The van der Waals surface area contributed by atoms with Crippen LogP contribution < -0.4 is 0 Å². The number of nitrogens with zero attached hydrogens (tertiary/aromatic N) is 1. The van der Waals surface area contributed by atoms with Crippen LogP contribution in [0, 0.1) is 45.8 Å². The summed E-state index contributed by atoms with van der Waals surface area (Å²) in [5.41, 5.74) is 1.10. The highest BCUT2D eigenvalue weighted by molar-refractivity contribution is 5.72. The van der Waals surface area contributed by atoms with Crippen LogP contribution in [-0.4, -0.2) is 58.9 Å². The molecule has 0 aromatic carbocycles. The minimum atomic E-state index is -0.315. The lowest BCUT2D eigenvalue weighted by Crippen LogP contribution is -2.69. The molecule has 6 nitrogen and oxygen atoms in total. The summed E-state index contributed by atoms with van der Waals surface area (Å²) in [5, 5.41) is 11.2. The number of ether oxygens (including phenoxy) is 2. The third kappa shape index (κ3) is 2.08. The van der Waals surface area contributed by atoms with E-state index < -0.39 is 0 Å². The first-order valence-electron chi connectivity index (χ1n) is 13.1. The smallest absolute Gasteiger partial charge is 0.308 e. The maximum Gasteiger partial charge on any atom is 0.308 e. The standard InChI is InChI=1S/C27H37NO5/c1-6-12(2)24(31)33-19-17-13(3)7-26-10-16-21-25(5)8-15(30)9-27(21,22(26)20(17)32-14(4)29)23(18(19)26)28(16)11-25/h12,15-23,30H,3,6-11H2,1-2,4-5H3. The van der Waals surface area contributed by atoms with E-state index >= 15 is 0 Å². The maximum atomic E-state index is 13.1. The number of rotatable bonds is 4. The van der Waals surface area contributed by atoms with Crippen LogP contribution in [0.15, 0.2) is 12.2 Å². The number of hydrogen-bond donors (Lipinski definition) is 1. The third-order valence-electron chi connectivity index (χ3n) is 11.7. The molecule has 6 saturated carbocycles. The van der Waals surface area contributed by atoms with E-state index in [9.17, 15) is 14.7 Å². The number of esters is 2. The van der Waals surface area contributed by atoms with Crippen LogP contribution in [0.25, 0.3) is 0 Å². The minimum Gasteiger partial charge on any atom is -0.461 e. The van der Waals surface area contributed by atoms with Crippen LogP contribution in [0.5, 0.6) is 0 Å². The zero-order valence-electron chi connectivity index (χ0n) is 20.3. The highest BCUT2D eigenvalue weighted by Gasteiger charge is 2.91. The number of aliphatic hydroxyl groups is 1. The number of fused-ring (bicyclic) bond motifs is 1. The zero-order valence-corrected chi connectivity index (χ0v) is 20.3. The van der Waals surface area contributed by atoms with Crippen LogP contribution in [0.1, 0.15) is 59.8 Å². The number of piperidine rings is 2. The van der Waals surface area contributed by atoms with E-state index in [1.807, 2.05) is 13.8 Å². The molecule has 9 fully saturated rings. The van der Waals surface area contributed by atoms with E-state index in [-0.39, 0.29) is 70.2 Å². The fourth-order valence-electron chi connectivity index (χ4n) is 11.5. The zero-order chi connectivity index (χ0) is 23.2. The first-order chi connectivity index (χ1) is 15.6. The van der Waals surface area contributed by atoms with Crippen molar-refractivity contribution < 1.29 is 24.2 Å². The monoisotopic (exact) mass is 455 g/mol. The molecule has 3 heterocycles. The molecule has 14 unspecified atom stereocenters. The third-order valence-corrected chi connectivity index (χ3v) is 11.7. The average molecular weight is 456 g/mol.